The van der Waals surface area contributed by atoms with Crippen molar-refractivity contribution in [3.63, 3.8) is 0 Å². The molecule has 1 aliphatic carbocycles. The van der Waals surface area contributed by atoms with Crippen molar-refractivity contribution >= 4 is 11.9 Å². The van der Waals surface area contributed by atoms with Gasteiger partial charge < -0.3 is 16.2 Å². The van der Waals surface area contributed by atoms with Gasteiger partial charge in [-0.2, -0.15) is 0 Å². The first-order chi connectivity index (χ1) is 9.73. The maximum atomic E-state index is 12.4. The number of amides is 1. The predicted octanol–water partition coefficient (Wildman–Crippen LogP) is 2.15. The van der Waals surface area contributed by atoms with E-state index in [-0.39, 0.29) is 18.2 Å². The number of rotatable bonds is 7. The highest BCUT2D eigenvalue weighted by Gasteiger charge is 2.37. The third kappa shape index (κ3) is 6.04. The Kier molecular flexibility index (Phi) is 6.65. The van der Waals surface area contributed by atoms with Gasteiger partial charge >= 0.3 is 5.97 Å². The number of nitrogens with two attached hydrogens (primary N) is 1. The largest absolute Gasteiger partial charge is 0.481 e. The first-order valence-corrected chi connectivity index (χ1v) is 8.02. The number of hydrogen-bond donors (Lipinski definition) is 3. The maximum Gasteiger partial charge on any atom is 0.303 e. The molecular formula is C16H30N2O3. The van der Waals surface area contributed by atoms with Gasteiger partial charge in [0.25, 0.3) is 0 Å². The van der Waals surface area contributed by atoms with Gasteiger partial charge in [0.05, 0.1) is 5.54 Å². The summed E-state index contributed by atoms with van der Waals surface area (Å²) in [6.07, 6.45) is 4.42. The summed E-state index contributed by atoms with van der Waals surface area (Å²) in [4.78, 5) is 23.3. The van der Waals surface area contributed by atoms with Crippen LogP contribution in [0.5, 0.6) is 0 Å². The molecule has 1 rings (SSSR count). The Morgan fingerprint density at radius 2 is 2.10 bits per heavy atom. The Labute approximate surface area is 127 Å². The van der Waals surface area contributed by atoms with Crippen LogP contribution in [0.1, 0.15) is 59.3 Å². The zero-order valence-corrected chi connectivity index (χ0v) is 13.5. The van der Waals surface area contributed by atoms with Gasteiger partial charge in [-0.25, -0.2) is 0 Å². The zero-order valence-electron chi connectivity index (χ0n) is 13.5. The number of carbonyl (C=O) groups excluding carboxylic acids is 1. The highest BCUT2D eigenvalue weighted by Crippen LogP contribution is 2.30. The molecule has 3 atom stereocenters. The molecule has 0 heterocycles. The fraction of sp³-hybridized carbons (Fsp3) is 0.875. The van der Waals surface area contributed by atoms with Crippen molar-refractivity contribution in [1.29, 1.82) is 0 Å². The molecule has 1 saturated carbocycles. The summed E-state index contributed by atoms with van der Waals surface area (Å²) >= 11 is 0. The van der Waals surface area contributed by atoms with E-state index in [1.165, 1.54) is 0 Å². The molecule has 0 aromatic heterocycles. The number of nitrogens with one attached hydrogen (secondary N) is 1. The summed E-state index contributed by atoms with van der Waals surface area (Å²) in [6.45, 7) is 6.64. The molecule has 0 bridgehead atoms. The van der Waals surface area contributed by atoms with E-state index in [2.05, 4.69) is 26.1 Å². The zero-order chi connectivity index (χ0) is 16.0. The van der Waals surface area contributed by atoms with Crippen LogP contribution in [-0.4, -0.2) is 29.1 Å². The molecule has 2 unspecified atom stereocenters. The Hall–Kier alpha value is -1.10. The van der Waals surface area contributed by atoms with E-state index >= 15 is 0 Å². The minimum atomic E-state index is -0.816. The van der Waals surface area contributed by atoms with Gasteiger partial charge in [-0.15, -0.1) is 0 Å². The number of hydrogen-bond acceptors (Lipinski definition) is 3. The molecule has 4 N–H and O–H groups in total. The number of carbonyl (C=O) groups is 2. The molecule has 0 aromatic carbocycles. The SMILES string of the molecule is CC(C)C[C@H](CNC(=O)C1(N)CCCC(C)C1)CC(=O)O. The first-order valence-electron chi connectivity index (χ1n) is 8.02. The van der Waals surface area contributed by atoms with Crippen molar-refractivity contribution in [3.8, 4) is 0 Å². The number of carboxylic acid groups (broad SMARTS) is 1. The van der Waals surface area contributed by atoms with Crippen LogP contribution in [0, 0.1) is 17.8 Å². The Morgan fingerprint density at radius 1 is 1.43 bits per heavy atom. The Morgan fingerprint density at radius 3 is 2.62 bits per heavy atom. The molecule has 0 spiro atoms. The lowest BCUT2D eigenvalue weighted by Crippen LogP contribution is -2.56. The highest BCUT2D eigenvalue weighted by molar-refractivity contribution is 5.86. The smallest absolute Gasteiger partial charge is 0.303 e. The maximum absolute atomic E-state index is 12.4. The minimum absolute atomic E-state index is 0.0314. The van der Waals surface area contributed by atoms with Crippen LogP contribution in [-0.2, 0) is 9.59 Å². The van der Waals surface area contributed by atoms with Gasteiger partial charge in [0.1, 0.15) is 0 Å². The molecule has 1 amide bonds. The highest BCUT2D eigenvalue weighted by atomic mass is 16.4. The van der Waals surface area contributed by atoms with E-state index in [0.29, 0.717) is 24.8 Å². The van der Waals surface area contributed by atoms with Crippen LogP contribution < -0.4 is 11.1 Å². The Bertz CT molecular complexity index is 371. The second-order valence-corrected chi connectivity index (χ2v) is 7.16. The van der Waals surface area contributed by atoms with E-state index in [0.717, 1.165) is 25.7 Å². The van der Waals surface area contributed by atoms with Crippen molar-refractivity contribution in [3.05, 3.63) is 0 Å². The second-order valence-electron chi connectivity index (χ2n) is 7.16. The lowest BCUT2D eigenvalue weighted by molar-refractivity contribution is -0.138. The van der Waals surface area contributed by atoms with E-state index in [4.69, 9.17) is 10.8 Å². The lowest BCUT2D eigenvalue weighted by Gasteiger charge is -2.35. The molecule has 0 saturated heterocycles. The minimum Gasteiger partial charge on any atom is -0.481 e. The van der Waals surface area contributed by atoms with Crippen molar-refractivity contribution in [1.82, 2.24) is 5.32 Å². The van der Waals surface area contributed by atoms with E-state index in [9.17, 15) is 9.59 Å². The third-order valence-electron chi connectivity index (χ3n) is 4.30. The molecule has 1 fully saturated rings. The average molecular weight is 298 g/mol. The van der Waals surface area contributed by atoms with E-state index in [1.54, 1.807) is 0 Å². The standard InChI is InChI=1S/C16H30N2O3/c1-11(2)7-13(8-14(19)20)10-18-15(21)16(17)6-4-5-12(3)9-16/h11-13H,4-10,17H2,1-3H3,(H,18,21)(H,19,20)/t12?,13-,16?/m0/s1. The summed E-state index contributed by atoms with van der Waals surface area (Å²) in [5.74, 6) is -0.0827. The second kappa shape index (κ2) is 7.78. The summed E-state index contributed by atoms with van der Waals surface area (Å²) < 4.78 is 0. The molecule has 5 heteroatoms. The summed E-state index contributed by atoms with van der Waals surface area (Å²) in [5.41, 5.74) is 5.48. The molecule has 0 aliphatic heterocycles. The molecule has 21 heavy (non-hydrogen) atoms. The average Bonchev–Trinajstić information content (AvgIpc) is 2.33. The molecule has 5 nitrogen and oxygen atoms in total. The van der Waals surface area contributed by atoms with Gasteiger partial charge in [-0.1, -0.05) is 33.6 Å². The molecule has 1 aliphatic rings. The van der Waals surface area contributed by atoms with Crippen LogP contribution in [0.3, 0.4) is 0 Å². The monoisotopic (exact) mass is 298 g/mol. The van der Waals surface area contributed by atoms with Crippen molar-refractivity contribution in [2.45, 2.75) is 64.8 Å². The van der Waals surface area contributed by atoms with Crippen LogP contribution in [0.15, 0.2) is 0 Å². The quantitative estimate of drug-likeness (QED) is 0.671. The van der Waals surface area contributed by atoms with Crippen LogP contribution >= 0.6 is 0 Å². The molecule has 0 aromatic rings. The summed E-state index contributed by atoms with van der Waals surface area (Å²) in [7, 11) is 0. The van der Waals surface area contributed by atoms with Crippen molar-refractivity contribution < 1.29 is 14.7 Å². The normalized spacial score (nSPS) is 27.4. The topological polar surface area (TPSA) is 92.4 Å². The fourth-order valence-corrected chi connectivity index (χ4v) is 3.36. The number of carboxylic acids is 1. The van der Waals surface area contributed by atoms with Crippen molar-refractivity contribution in [2.24, 2.45) is 23.5 Å². The van der Waals surface area contributed by atoms with Crippen molar-refractivity contribution in [2.75, 3.05) is 6.54 Å². The Balaban J connectivity index is 2.53. The predicted molar refractivity (Wildman–Crippen MR) is 82.8 cm³/mol. The van der Waals surface area contributed by atoms with Crippen LogP contribution in [0.4, 0.5) is 0 Å². The molecule has 122 valence electrons. The first kappa shape index (κ1) is 18.0. The van der Waals surface area contributed by atoms with E-state index < -0.39 is 11.5 Å². The van der Waals surface area contributed by atoms with Gasteiger partial charge in [-0.05, 0) is 37.0 Å². The lowest BCUT2D eigenvalue weighted by atomic mass is 9.76. The van der Waals surface area contributed by atoms with Crippen LogP contribution in [0.25, 0.3) is 0 Å². The van der Waals surface area contributed by atoms with Crippen LogP contribution in [0.2, 0.25) is 0 Å². The molecule has 0 radical (unpaired) electrons. The third-order valence-corrected chi connectivity index (χ3v) is 4.30. The van der Waals surface area contributed by atoms with Gasteiger partial charge in [0, 0.05) is 13.0 Å². The van der Waals surface area contributed by atoms with Gasteiger partial charge in [-0.3, -0.25) is 9.59 Å². The number of aliphatic carboxylic acids is 1. The van der Waals surface area contributed by atoms with Gasteiger partial charge in [0.15, 0.2) is 0 Å². The van der Waals surface area contributed by atoms with E-state index in [1.807, 2.05) is 0 Å². The summed E-state index contributed by atoms with van der Waals surface area (Å²) in [6, 6.07) is 0. The van der Waals surface area contributed by atoms with Gasteiger partial charge in [0.2, 0.25) is 5.91 Å². The fourth-order valence-electron chi connectivity index (χ4n) is 3.36. The summed E-state index contributed by atoms with van der Waals surface area (Å²) in [5, 5.41) is 11.9. The molecular weight excluding hydrogens is 268 g/mol.